The van der Waals surface area contributed by atoms with E-state index in [0.717, 1.165) is 0 Å². The van der Waals surface area contributed by atoms with Gasteiger partial charge in [0, 0.05) is 6.08 Å². The molecule has 2 heteroatoms. The molecule has 0 amide bonds. The Hall–Kier alpha value is -1.83. The van der Waals surface area contributed by atoms with Gasteiger partial charge in [0.2, 0.25) is 0 Å². The zero-order valence-corrected chi connectivity index (χ0v) is 17.0. The lowest BCUT2D eigenvalue weighted by atomic mass is 10.1. The minimum Gasteiger partial charge on any atom is -0.462 e. The smallest absolute Gasteiger partial charge is 0.330 e. The molecule has 0 aromatic rings. The van der Waals surface area contributed by atoms with Crippen molar-refractivity contribution in [2.75, 3.05) is 6.61 Å². The van der Waals surface area contributed by atoms with E-state index in [9.17, 15) is 4.79 Å². The van der Waals surface area contributed by atoms with Crippen molar-refractivity contribution in [3.8, 4) is 0 Å². The molecule has 0 aliphatic carbocycles. The number of allylic oxidation sites excluding steroid dienone is 9. The van der Waals surface area contributed by atoms with Gasteiger partial charge in [-0.15, -0.1) is 0 Å². The molecule has 2 nitrogen and oxygen atoms in total. The van der Waals surface area contributed by atoms with Crippen LogP contribution < -0.4 is 0 Å². The molecule has 0 fully saturated rings. The average Bonchev–Trinajstić information content (AvgIpc) is 2.62. The van der Waals surface area contributed by atoms with Crippen molar-refractivity contribution in [1.82, 2.24) is 0 Å². The van der Waals surface area contributed by atoms with Crippen LogP contribution in [-0.2, 0) is 9.53 Å². The quantitative estimate of drug-likeness (QED) is 0.135. The molecule has 0 aliphatic heterocycles. The Kier molecular flexibility index (Phi) is 18.1. The molecule has 146 valence electrons. The molecule has 0 aromatic heterocycles. The zero-order chi connectivity index (χ0) is 19.3. The summed E-state index contributed by atoms with van der Waals surface area (Å²) in [5, 5.41) is 0. The number of hydrogen-bond acceptors (Lipinski definition) is 2. The van der Waals surface area contributed by atoms with E-state index in [4.69, 9.17) is 4.74 Å². The maximum atomic E-state index is 11.3. The highest BCUT2D eigenvalue weighted by atomic mass is 16.5. The maximum absolute atomic E-state index is 11.3. The second-order valence-electron chi connectivity index (χ2n) is 6.88. The third-order valence-electron chi connectivity index (χ3n) is 3.68. The van der Waals surface area contributed by atoms with Crippen LogP contribution in [-0.4, -0.2) is 12.6 Å². The fourth-order valence-electron chi connectivity index (χ4n) is 2.21. The topological polar surface area (TPSA) is 26.3 Å². The van der Waals surface area contributed by atoms with Crippen molar-refractivity contribution >= 4 is 5.97 Å². The molecule has 0 rings (SSSR count). The Morgan fingerprint density at radius 2 is 1.31 bits per heavy atom. The van der Waals surface area contributed by atoms with Crippen molar-refractivity contribution in [3.05, 3.63) is 60.8 Å². The number of carbonyl (C=O) groups is 1. The minimum atomic E-state index is -0.293. The molecule has 0 heterocycles. The number of hydrogen-bond donors (Lipinski definition) is 0. The molecule has 0 spiro atoms. The molecule has 0 saturated heterocycles. The van der Waals surface area contributed by atoms with Crippen LogP contribution in [0.4, 0.5) is 0 Å². The summed E-state index contributed by atoms with van der Waals surface area (Å²) in [5.41, 5.74) is 0. The van der Waals surface area contributed by atoms with Crippen LogP contribution in [0.2, 0.25) is 0 Å². The van der Waals surface area contributed by atoms with Gasteiger partial charge in [0.25, 0.3) is 0 Å². The molecule has 0 radical (unpaired) electrons. The van der Waals surface area contributed by atoms with Crippen molar-refractivity contribution in [2.24, 2.45) is 5.92 Å². The molecule has 0 saturated carbocycles. The van der Waals surface area contributed by atoms with E-state index in [1.165, 1.54) is 57.4 Å². The third-order valence-corrected chi connectivity index (χ3v) is 3.68. The zero-order valence-electron chi connectivity index (χ0n) is 17.0. The van der Waals surface area contributed by atoms with Gasteiger partial charge >= 0.3 is 5.97 Å². The van der Waals surface area contributed by atoms with Crippen LogP contribution in [0.1, 0.15) is 72.1 Å². The highest BCUT2D eigenvalue weighted by molar-refractivity contribution is 5.82. The fourth-order valence-corrected chi connectivity index (χ4v) is 2.21. The molecule has 0 aromatic carbocycles. The van der Waals surface area contributed by atoms with Gasteiger partial charge < -0.3 is 4.74 Å². The first-order valence-corrected chi connectivity index (χ1v) is 10.2. The highest BCUT2D eigenvalue weighted by Crippen LogP contribution is 2.08. The Labute approximate surface area is 161 Å². The van der Waals surface area contributed by atoms with E-state index < -0.39 is 0 Å². The first-order valence-electron chi connectivity index (χ1n) is 10.2. The summed E-state index contributed by atoms with van der Waals surface area (Å²) in [5.74, 6) is 0.0699. The summed E-state index contributed by atoms with van der Waals surface area (Å²) >= 11 is 0. The van der Waals surface area contributed by atoms with E-state index in [1.807, 2.05) is 50.3 Å². The van der Waals surface area contributed by atoms with Crippen LogP contribution in [0.25, 0.3) is 0 Å². The van der Waals surface area contributed by atoms with Gasteiger partial charge in [-0.2, -0.15) is 0 Å². The lowest BCUT2D eigenvalue weighted by Crippen LogP contribution is -2.06. The van der Waals surface area contributed by atoms with E-state index in [-0.39, 0.29) is 5.97 Å². The Morgan fingerprint density at radius 1 is 0.769 bits per heavy atom. The van der Waals surface area contributed by atoms with E-state index >= 15 is 0 Å². The highest BCUT2D eigenvalue weighted by Gasteiger charge is 1.97. The van der Waals surface area contributed by atoms with Crippen molar-refractivity contribution in [3.63, 3.8) is 0 Å². The van der Waals surface area contributed by atoms with Crippen LogP contribution in [0.3, 0.4) is 0 Å². The summed E-state index contributed by atoms with van der Waals surface area (Å²) in [6.07, 6.45) is 29.8. The second-order valence-corrected chi connectivity index (χ2v) is 6.88. The van der Waals surface area contributed by atoms with Gasteiger partial charge in [0.05, 0.1) is 6.61 Å². The SMILES string of the molecule is CCCCCCCCCC=CC=CC=CC=CC=CC(=O)OCC(C)C. The van der Waals surface area contributed by atoms with Gasteiger partial charge in [-0.25, -0.2) is 4.79 Å². The Bertz CT molecular complexity index is 465. The number of ether oxygens (including phenoxy) is 1. The Balaban J connectivity index is 3.64. The summed E-state index contributed by atoms with van der Waals surface area (Å²) in [6, 6.07) is 0. The number of carbonyl (C=O) groups excluding carboxylic acids is 1. The average molecular weight is 359 g/mol. The number of esters is 1. The summed E-state index contributed by atoms with van der Waals surface area (Å²) < 4.78 is 5.04. The standard InChI is InChI=1S/C24H38O2/c1-4-5-6-7-8-9-10-11-12-13-14-15-16-17-18-19-20-21-24(25)26-22-23(2)3/h12-21,23H,4-11,22H2,1-3H3. The van der Waals surface area contributed by atoms with Crippen LogP contribution >= 0.6 is 0 Å². The van der Waals surface area contributed by atoms with E-state index in [2.05, 4.69) is 19.1 Å². The molecule has 0 atom stereocenters. The lowest BCUT2D eigenvalue weighted by molar-refractivity contribution is -0.138. The molecule has 0 bridgehead atoms. The van der Waals surface area contributed by atoms with Crippen molar-refractivity contribution in [2.45, 2.75) is 72.1 Å². The molecule has 0 unspecified atom stereocenters. The second kappa shape index (κ2) is 19.5. The number of rotatable bonds is 15. The monoisotopic (exact) mass is 358 g/mol. The molecular weight excluding hydrogens is 320 g/mol. The molecular formula is C24H38O2. The Morgan fingerprint density at radius 3 is 1.92 bits per heavy atom. The largest absolute Gasteiger partial charge is 0.462 e. The lowest BCUT2D eigenvalue weighted by Gasteiger charge is -2.03. The fraction of sp³-hybridized carbons (Fsp3) is 0.542. The van der Waals surface area contributed by atoms with Crippen molar-refractivity contribution in [1.29, 1.82) is 0 Å². The van der Waals surface area contributed by atoms with Crippen LogP contribution in [0.5, 0.6) is 0 Å². The first kappa shape index (κ1) is 24.2. The maximum Gasteiger partial charge on any atom is 0.330 e. The van der Waals surface area contributed by atoms with Gasteiger partial charge in [-0.3, -0.25) is 0 Å². The molecule has 0 aliphatic rings. The summed E-state index contributed by atoms with van der Waals surface area (Å²) in [7, 11) is 0. The minimum absolute atomic E-state index is 0.293. The van der Waals surface area contributed by atoms with Gasteiger partial charge in [0.15, 0.2) is 0 Å². The molecule has 0 N–H and O–H groups in total. The van der Waals surface area contributed by atoms with Crippen LogP contribution in [0.15, 0.2) is 60.8 Å². The van der Waals surface area contributed by atoms with Gasteiger partial charge in [0.1, 0.15) is 0 Å². The van der Waals surface area contributed by atoms with Crippen molar-refractivity contribution < 1.29 is 9.53 Å². The van der Waals surface area contributed by atoms with E-state index in [0.29, 0.717) is 12.5 Å². The molecule has 26 heavy (non-hydrogen) atoms. The number of unbranched alkanes of at least 4 members (excludes halogenated alkanes) is 7. The summed E-state index contributed by atoms with van der Waals surface area (Å²) in [4.78, 5) is 11.3. The predicted octanol–water partition coefficient (Wildman–Crippen LogP) is 7.11. The normalized spacial score (nSPS) is 12.8. The third kappa shape index (κ3) is 20.2. The van der Waals surface area contributed by atoms with Gasteiger partial charge in [-0.05, 0) is 18.8 Å². The van der Waals surface area contributed by atoms with E-state index in [1.54, 1.807) is 6.08 Å². The van der Waals surface area contributed by atoms with Crippen LogP contribution in [0, 0.1) is 5.92 Å². The first-order chi connectivity index (χ1) is 12.7. The predicted molar refractivity (Wildman–Crippen MR) is 114 cm³/mol. The summed E-state index contributed by atoms with van der Waals surface area (Å²) in [6.45, 7) is 6.75. The van der Waals surface area contributed by atoms with Gasteiger partial charge in [-0.1, -0.05) is 114 Å².